The van der Waals surface area contributed by atoms with Crippen molar-refractivity contribution in [2.75, 3.05) is 11.9 Å². The second-order valence-electron chi connectivity index (χ2n) is 5.42. The number of nitrogens with zero attached hydrogens (tertiary/aromatic N) is 1. The molecule has 2 aromatic carbocycles. The van der Waals surface area contributed by atoms with Crippen molar-refractivity contribution in [3.63, 3.8) is 0 Å². The Morgan fingerprint density at radius 1 is 1.13 bits per heavy atom. The molecule has 0 unspecified atom stereocenters. The van der Waals surface area contributed by atoms with Gasteiger partial charge in [0.25, 0.3) is 0 Å². The molecule has 0 radical (unpaired) electrons. The molecule has 0 fully saturated rings. The number of hydrogen-bond acceptors (Lipinski definition) is 2. The lowest BCUT2D eigenvalue weighted by atomic mass is 10.1. The molecule has 2 aromatic rings. The Morgan fingerprint density at radius 2 is 1.87 bits per heavy atom. The summed E-state index contributed by atoms with van der Waals surface area (Å²) >= 11 is 0. The summed E-state index contributed by atoms with van der Waals surface area (Å²) in [5.41, 5.74) is 10.4. The normalized spacial score (nSPS) is 11.3. The van der Waals surface area contributed by atoms with Crippen molar-refractivity contribution >= 4 is 11.6 Å². The quantitative estimate of drug-likeness (QED) is 0.628. The van der Waals surface area contributed by atoms with Gasteiger partial charge in [-0.2, -0.15) is 0 Å². The van der Waals surface area contributed by atoms with Crippen LogP contribution >= 0.6 is 0 Å². The molecular formula is C19H25N3O. The average molecular weight is 311 g/mol. The molecule has 3 N–H and O–H groups in total. The highest BCUT2D eigenvalue weighted by Gasteiger charge is 2.04. The zero-order valence-electron chi connectivity index (χ0n) is 14.1. The van der Waals surface area contributed by atoms with Crippen LogP contribution in [0.25, 0.3) is 0 Å². The first-order valence-electron chi connectivity index (χ1n) is 8.00. The number of nitrogens with two attached hydrogens (primary N) is 1. The summed E-state index contributed by atoms with van der Waals surface area (Å²) < 4.78 is 5.66. The minimum atomic E-state index is 0.400. The highest BCUT2D eigenvalue weighted by molar-refractivity contribution is 5.92. The monoisotopic (exact) mass is 311 g/mol. The van der Waals surface area contributed by atoms with E-state index in [1.54, 1.807) is 0 Å². The summed E-state index contributed by atoms with van der Waals surface area (Å²) in [5.74, 6) is 1.27. The Balaban J connectivity index is 2.03. The molecule has 4 heteroatoms. The van der Waals surface area contributed by atoms with Crippen molar-refractivity contribution in [2.24, 2.45) is 10.7 Å². The van der Waals surface area contributed by atoms with Gasteiger partial charge in [0.1, 0.15) is 5.75 Å². The Morgan fingerprint density at radius 3 is 2.52 bits per heavy atom. The largest absolute Gasteiger partial charge is 0.494 e. The van der Waals surface area contributed by atoms with Gasteiger partial charge in [-0.05, 0) is 49.6 Å². The maximum atomic E-state index is 5.98. The maximum absolute atomic E-state index is 5.98. The smallest absolute Gasteiger partial charge is 0.193 e. The highest BCUT2D eigenvalue weighted by Crippen LogP contribution is 2.21. The van der Waals surface area contributed by atoms with Gasteiger partial charge in [-0.3, -0.25) is 0 Å². The molecule has 2 rings (SSSR count). The Labute approximate surface area is 138 Å². The molecule has 0 spiro atoms. The summed E-state index contributed by atoms with van der Waals surface area (Å²) in [6.07, 6.45) is 1.03. The molecular weight excluding hydrogens is 286 g/mol. The predicted octanol–water partition coefficient (Wildman–Crippen LogP) is 3.88. The summed E-state index contributed by atoms with van der Waals surface area (Å²) in [6.45, 7) is 7.28. The fourth-order valence-corrected chi connectivity index (χ4v) is 2.26. The topological polar surface area (TPSA) is 59.6 Å². The van der Waals surface area contributed by atoms with E-state index in [0.717, 1.165) is 23.4 Å². The fourth-order valence-electron chi connectivity index (χ4n) is 2.26. The van der Waals surface area contributed by atoms with Crippen LogP contribution in [0.15, 0.2) is 47.5 Å². The molecule has 0 heterocycles. The number of rotatable bonds is 6. The lowest BCUT2D eigenvalue weighted by molar-refractivity contribution is 0.336. The summed E-state index contributed by atoms with van der Waals surface area (Å²) in [5, 5.41) is 3.11. The van der Waals surface area contributed by atoms with E-state index < -0.39 is 0 Å². The third-order valence-electron chi connectivity index (χ3n) is 3.58. The van der Waals surface area contributed by atoms with Crippen molar-refractivity contribution in [1.82, 2.24) is 0 Å². The Bertz CT molecular complexity index is 663. The highest BCUT2D eigenvalue weighted by atomic mass is 16.5. The van der Waals surface area contributed by atoms with Crippen LogP contribution in [0.5, 0.6) is 5.75 Å². The molecule has 0 atom stereocenters. The first-order chi connectivity index (χ1) is 11.1. The van der Waals surface area contributed by atoms with Crippen LogP contribution < -0.4 is 15.8 Å². The van der Waals surface area contributed by atoms with Crippen molar-refractivity contribution < 1.29 is 4.74 Å². The maximum Gasteiger partial charge on any atom is 0.193 e. The molecule has 0 aliphatic heterocycles. The first kappa shape index (κ1) is 16.9. The standard InChI is InChI=1S/C19H25N3O/c1-4-15-7-10-17(11-8-15)22-19(20)21-13-16-9-6-14(3)12-18(16)23-5-2/h6-12H,4-5,13H2,1-3H3,(H3,20,21,22). The van der Waals surface area contributed by atoms with Crippen molar-refractivity contribution in [1.29, 1.82) is 0 Å². The van der Waals surface area contributed by atoms with Gasteiger partial charge in [0.05, 0.1) is 13.2 Å². The van der Waals surface area contributed by atoms with Gasteiger partial charge >= 0.3 is 0 Å². The van der Waals surface area contributed by atoms with E-state index in [0.29, 0.717) is 19.1 Å². The molecule has 0 aliphatic rings. The fraction of sp³-hybridized carbons (Fsp3) is 0.316. The summed E-state index contributed by atoms with van der Waals surface area (Å²) in [6, 6.07) is 14.3. The van der Waals surface area contributed by atoms with E-state index in [9.17, 15) is 0 Å². The number of aryl methyl sites for hydroxylation is 2. The molecule has 0 saturated heterocycles. The Hall–Kier alpha value is -2.49. The molecule has 0 amide bonds. The van der Waals surface area contributed by atoms with Crippen molar-refractivity contribution in [3.8, 4) is 5.75 Å². The Kier molecular flexibility index (Phi) is 6.03. The van der Waals surface area contributed by atoms with E-state index >= 15 is 0 Å². The van der Waals surface area contributed by atoms with Gasteiger partial charge in [-0.15, -0.1) is 0 Å². The van der Waals surface area contributed by atoms with Crippen LogP contribution in [0.2, 0.25) is 0 Å². The lowest BCUT2D eigenvalue weighted by Gasteiger charge is -2.10. The molecule has 23 heavy (non-hydrogen) atoms. The predicted molar refractivity (Wildman–Crippen MR) is 97.1 cm³/mol. The molecule has 0 saturated carbocycles. The second-order valence-corrected chi connectivity index (χ2v) is 5.42. The van der Waals surface area contributed by atoms with Gasteiger partial charge in [0, 0.05) is 11.3 Å². The van der Waals surface area contributed by atoms with Gasteiger partial charge in [0.2, 0.25) is 0 Å². The number of aliphatic imine (C=N–C) groups is 1. The summed E-state index contributed by atoms with van der Waals surface area (Å²) in [7, 11) is 0. The van der Waals surface area contributed by atoms with Crippen molar-refractivity contribution in [3.05, 3.63) is 59.2 Å². The molecule has 4 nitrogen and oxygen atoms in total. The second kappa shape index (κ2) is 8.22. The van der Waals surface area contributed by atoms with Crippen LogP contribution in [0.3, 0.4) is 0 Å². The zero-order valence-corrected chi connectivity index (χ0v) is 14.1. The van der Waals surface area contributed by atoms with E-state index in [1.807, 2.05) is 38.1 Å². The van der Waals surface area contributed by atoms with Crippen LogP contribution in [0, 0.1) is 6.92 Å². The third-order valence-corrected chi connectivity index (χ3v) is 3.58. The minimum absolute atomic E-state index is 0.400. The van der Waals surface area contributed by atoms with E-state index in [4.69, 9.17) is 10.5 Å². The van der Waals surface area contributed by atoms with E-state index in [-0.39, 0.29) is 0 Å². The van der Waals surface area contributed by atoms with Gasteiger partial charge in [-0.25, -0.2) is 4.99 Å². The summed E-state index contributed by atoms with van der Waals surface area (Å²) in [4.78, 5) is 4.41. The third kappa shape index (κ3) is 5.02. The first-order valence-corrected chi connectivity index (χ1v) is 8.00. The molecule has 0 bridgehead atoms. The van der Waals surface area contributed by atoms with Crippen molar-refractivity contribution in [2.45, 2.75) is 33.7 Å². The molecule has 0 aromatic heterocycles. The van der Waals surface area contributed by atoms with Gasteiger partial charge < -0.3 is 15.8 Å². The SMILES string of the molecule is CCOc1cc(C)ccc1CN=C(N)Nc1ccc(CC)cc1. The van der Waals surface area contributed by atoms with Crippen LogP contribution in [0.1, 0.15) is 30.5 Å². The van der Waals surface area contributed by atoms with E-state index in [1.165, 1.54) is 11.1 Å². The lowest BCUT2D eigenvalue weighted by Crippen LogP contribution is -2.22. The van der Waals surface area contributed by atoms with Gasteiger partial charge in [0.15, 0.2) is 5.96 Å². The number of nitrogens with one attached hydrogen (secondary N) is 1. The average Bonchev–Trinajstić information content (AvgIpc) is 2.55. The number of hydrogen-bond donors (Lipinski definition) is 2. The minimum Gasteiger partial charge on any atom is -0.494 e. The molecule has 0 aliphatic carbocycles. The number of anilines is 1. The van der Waals surface area contributed by atoms with Crippen LogP contribution in [-0.2, 0) is 13.0 Å². The van der Waals surface area contributed by atoms with Crippen LogP contribution in [0.4, 0.5) is 5.69 Å². The number of benzene rings is 2. The zero-order chi connectivity index (χ0) is 16.7. The molecule has 122 valence electrons. The number of guanidine groups is 1. The van der Waals surface area contributed by atoms with E-state index in [2.05, 4.69) is 35.4 Å². The van der Waals surface area contributed by atoms with Crippen LogP contribution in [-0.4, -0.2) is 12.6 Å². The number of ether oxygens (including phenoxy) is 1. The van der Waals surface area contributed by atoms with Gasteiger partial charge in [-0.1, -0.05) is 31.2 Å².